The van der Waals surface area contributed by atoms with Crippen LogP contribution in [0.4, 0.5) is 0 Å². The van der Waals surface area contributed by atoms with E-state index in [1.165, 1.54) is 12.8 Å². The molecule has 5 nitrogen and oxygen atoms in total. The van der Waals surface area contributed by atoms with Crippen LogP contribution < -0.4 is 5.32 Å². The predicted molar refractivity (Wildman–Crippen MR) is 80.3 cm³/mol. The zero-order valence-electron chi connectivity index (χ0n) is 12.5. The number of rotatable bonds is 7. The Morgan fingerprint density at radius 2 is 2.00 bits per heavy atom. The van der Waals surface area contributed by atoms with Crippen LogP contribution in [0.1, 0.15) is 25.7 Å². The monoisotopic (exact) mass is 306 g/mol. The quantitative estimate of drug-likeness (QED) is 0.715. The van der Waals surface area contributed by atoms with E-state index in [9.17, 15) is 4.79 Å². The summed E-state index contributed by atoms with van der Waals surface area (Å²) in [5.74, 6) is 0.863. The molecule has 0 radical (unpaired) electrons. The van der Waals surface area contributed by atoms with Gasteiger partial charge in [0.2, 0.25) is 0 Å². The van der Waals surface area contributed by atoms with Gasteiger partial charge in [-0.25, -0.2) is 0 Å². The van der Waals surface area contributed by atoms with Gasteiger partial charge in [0.15, 0.2) is 0 Å². The molecule has 2 fully saturated rings. The molecule has 1 saturated heterocycles. The Bertz CT molecular complexity index is 305. The van der Waals surface area contributed by atoms with E-state index in [2.05, 4.69) is 5.32 Å². The van der Waals surface area contributed by atoms with Crippen molar-refractivity contribution in [3.8, 4) is 0 Å². The third-order valence-electron chi connectivity index (χ3n) is 4.16. The zero-order chi connectivity index (χ0) is 13.7. The van der Waals surface area contributed by atoms with E-state index < -0.39 is 5.60 Å². The molecular formula is C14H27ClN2O3. The maximum absolute atomic E-state index is 12.5. The van der Waals surface area contributed by atoms with Crippen molar-refractivity contribution in [3.63, 3.8) is 0 Å². The molecule has 1 aliphatic heterocycles. The number of halogens is 1. The summed E-state index contributed by atoms with van der Waals surface area (Å²) in [7, 11) is 3.48. The van der Waals surface area contributed by atoms with Crippen molar-refractivity contribution in [2.75, 3.05) is 47.0 Å². The van der Waals surface area contributed by atoms with Gasteiger partial charge in [0.1, 0.15) is 5.60 Å². The number of hydrogen-bond acceptors (Lipinski definition) is 4. The fourth-order valence-corrected chi connectivity index (χ4v) is 2.52. The Morgan fingerprint density at radius 3 is 2.55 bits per heavy atom. The van der Waals surface area contributed by atoms with Crippen molar-refractivity contribution >= 4 is 18.3 Å². The Morgan fingerprint density at radius 1 is 1.35 bits per heavy atom. The summed E-state index contributed by atoms with van der Waals surface area (Å²) < 4.78 is 11.1. The highest BCUT2D eigenvalue weighted by atomic mass is 35.5. The summed E-state index contributed by atoms with van der Waals surface area (Å²) in [5, 5.41) is 3.26. The summed E-state index contributed by atoms with van der Waals surface area (Å²) in [4.78, 5) is 14.3. The van der Waals surface area contributed by atoms with Crippen molar-refractivity contribution in [1.82, 2.24) is 10.2 Å². The first-order valence-electron chi connectivity index (χ1n) is 7.27. The average Bonchev–Trinajstić information content (AvgIpc) is 3.27. The van der Waals surface area contributed by atoms with Crippen LogP contribution in [0.25, 0.3) is 0 Å². The molecule has 0 atom stereocenters. The molecule has 1 saturated carbocycles. The number of likely N-dealkylation sites (N-methyl/N-ethyl adjacent to an activating group) is 1. The minimum atomic E-state index is -0.628. The molecule has 1 aliphatic carbocycles. The Labute approximate surface area is 127 Å². The Hall–Kier alpha value is -0.360. The lowest BCUT2D eigenvalue weighted by molar-refractivity contribution is -0.157. The SMILES string of the molecule is COC1(C(=O)N(C)CCOCC2CC2)CCNCC1.Cl. The van der Waals surface area contributed by atoms with Gasteiger partial charge in [-0.3, -0.25) is 4.79 Å². The maximum atomic E-state index is 12.5. The fraction of sp³-hybridized carbons (Fsp3) is 0.929. The number of ether oxygens (including phenoxy) is 2. The number of amides is 1. The highest BCUT2D eigenvalue weighted by molar-refractivity contribution is 5.85. The molecule has 1 heterocycles. The van der Waals surface area contributed by atoms with Crippen molar-refractivity contribution in [1.29, 1.82) is 0 Å². The molecule has 0 aromatic heterocycles. The molecule has 0 bridgehead atoms. The van der Waals surface area contributed by atoms with Crippen LogP contribution in [0.5, 0.6) is 0 Å². The smallest absolute Gasteiger partial charge is 0.254 e. The van der Waals surface area contributed by atoms with Crippen LogP contribution >= 0.6 is 12.4 Å². The molecule has 118 valence electrons. The summed E-state index contributed by atoms with van der Waals surface area (Å²) >= 11 is 0. The molecule has 2 aliphatic rings. The first kappa shape index (κ1) is 17.7. The van der Waals surface area contributed by atoms with E-state index in [1.54, 1.807) is 12.0 Å². The van der Waals surface area contributed by atoms with E-state index in [0.717, 1.165) is 38.5 Å². The van der Waals surface area contributed by atoms with Crippen LogP contribution in [0.15, 0.2) is 0 Å². The molecule has 0 unspecified atom stereocenters. The molecule has 0 aromatic rings. The van der Waals surface area contributed by atoms with Gasteiger partial charge in [-0.15, -0.1) is 12.4 Å². The standard InChI is InChI=1S/C14H26N2O3.ClH/c1-16(9-10-19-11-12-3-4-12)13(17)14(18-2)5-7-15-8-6-14;/h12,15H,3-11H2,1-2H3;1H. The predicted octanol–water partition coefficient (Wildman–Crippen LogP) is 1.06. The number of nitrogens with one attached hydrogen (secondary N) is 1. The summed E-state index contributed by atoms with van der Waals surface area (Å²) in [6, 6.07) is 0. The van der Waals surface area contributed by atoms with Gasteiger partial charge in [0.25, 0.3) is 5.91 Å². The van der Waals surface area contributed by atoms with Crippen molar-refractivity contribution < 1.29 is 14.3 Å². The molecule has 6 heteroatoms. The lowest BCUT2D eigenvalue weighted by Crippen LogP contribution is -2.54. The van der Waals surface area contributed by atoms with Gasteiger partial charge in [-0.05, 0) is 44.7 Å². The molecule has 1 N–H and O–H groups in total. The first-order valence-corrected chi connectivity index (χ1v) is 7.27. The van der Waals surface area contributed by atoms with E-state index in [-0.39, 0.29) is 18.3 Å². The number of carbonyl (C=O) groups excluding carboxylic acids is 1. The molecule has 20 heavy (non-hydrogen) atoms. The lowest BCUT2D eigenvalue weighted by atomic mass is 9.90. The highest BCUT2D eigenvalue weighted by Gasteiger charge is 2.41. The van der Waals surface area contributed by atoms with Crippen molar-refractivity contribution in [2.45, 2.75) is 31.3 Å². The van der Waals surface area contributed by atoms with E-state index in [1.807, 2.05) is 7.05 Å². The zero-order valence-corrected chi connectivity index (χ0v) is 13.3. The van der Waals surface area contributed by atoms with Gasteiger partial charge < -0.3 is 19.7 Å². The highest BCUT2D eigenvalue weighted by Crippen LogP contribution is 2.28. The van der Waals surface area contributed by atoms with Crippen molar-refractivity contribution in [2.24, 2.45) is 5.92 Å². The number of piperidine rings is 1. The minimum Gasteiger partial charge on any atom is -0.379 e. The second-order valence-electron chi connectivity index (χ2n) is 5.69. The number of hydrogen-bond donors (Lipinski definition) is 1. The van der Waals surface area contributed by atoms with Gasteiger partial charge in [-0.1, -0.05) is 0 Å². The van der Waals surface area contributed by atoms with Gasteiger partial charge in [-0.2, -0.15) is 0 Å². The third kappa shape index (κ3) is 4.58. The summed E-state index contributed by atoms with van der Waals surface area (Å²) in [6.45, 7) is 3.79. The first-order chi connectivity index (χ1) is 9.18. The van der Waals surface area contributed by atoms with Crippen LogP contribution in [-0.2, 0) is 14.3 Å². The normalized spacial score (nSPS) is 21.1. The van der Waals surface area contributed by atoms with Gasteiger partial charge in [0, 0.05) is 27.3 Å². The minimum absolute atomic E-state index is 0. The third-order valence-corrected chi connectivity index (χ3v) is 4.16. The molecule has 1 amide bonds. The van der Waals surface area contributed by atoms with Crippen LogP contribution in [0, 0.1) is 5.92 Å². The molecule has 0 aromatic carbocycles. The maximum Gasteiger partial charge on any atom is 0.254 e. The summed E-state index contributed by atoms with van der Waals surface area (Å²) in [5.41, 5.74) is -0.628. The Kier molecular flexibility index (Phi) is 7.23. The molecular weight excluding hydrogens is 280 g/mol. The fourth-order valence-electron chi connectivity index (χ4n) is 2.52. The number of carbonyl (C=O) groups is 1. The number of nitrogens with zero attached hydrogens (tertiary/aromatic N) is 1. The number of methoxy groups -OCH3 is 1. The Balaban J connectivity index is 0.00000200. The van der Waals surface area contributed by atoms with Gasteiger partial charge >= 0.3 is 0 Å². The van der Waals surface area contributed by atoms with E-state index in [0.29, 0.717) is 13.2 Å². The topological polar surface area (TPSA) is 50.8 Å². The van der Waals surface area contributed by atoms with Crippen LogP contribution in [0.2, 0.25) is 0 Å². The largest absolute Gasteiger partial charge is 0.379 e. The lowest BCUT2D eigenvalue weighted by Gasteiger charge is -2.37. The second-order valence-corrected chi connectivity index (χ2v) is 5.69. The van der Waals surface area contributed by atoms with Gasteiger partial charge in [0.05, 0.1) is 6.61 Å². The van der Waals surface area contributed by atoms with Crippen LogP contribution in [-0.4, -0.2) is 63.4 Å². The second kappa shape index (κ2) is 8.17. The van der Waals surface area contributed by atoms with E-state index in [4.69, 9.17) is 9.47 Å². The summed E-state index contributed by atoms with van der Waals surface area (Å²) in [6.07, 6.45) is 4.09. The van der Waals surface area contributed by atoms with E-state index >= 15 is 0 Å². The molecule has 0 spiro atoms. The van der Waals surface area contributed by atoms with Crippen LogP contribution in [0.3, 0.4) is 0 Å². The molecule has 2 rings (SSSR count). The van der Waals surface area contributed by atoms with Crippen molar-refractivity contribution in [3.05, 3.63) is 0 Å². The average molecular weight is 307 g/mol.